The number of nitrogens with zero attached hydrogens (tertiary/aromatic N) is 1. The number of morpholine rings is 1. The van der Waals surface area contributed by atoms with Gasteiger partial charge in [0.05, 0.1) is 19.8 Å². The highest BCUT2D eigenvalue weighted by atomic mass is 32.1. The topological polar surface area (TPSA) is 72.6 Å². The first kappa shape index (κ1) is 14.2. The number of aryl methyl sites for hydroxylation is 2. The minimum atomic E-state index is -0.502. The van der Waals surface area contributed by atoms with E-state index in [-0.39, 0.29) is 18.9 Å². The lowest BCUT2D eigenvalue weighted by atomic mass is 10.1. The summed E-state index contributed by atoms with van der Waals surface area (Å²) in [6.07, 6.45) is 0. The van der Waals surface area contributed by atoms with Crippen LogP contribution in [0.5, 0.6) is 0 Å². The lowest BCUT2D eigenvalue weighted by Gasteiger charge is -2.32. The molecule has 0 aromatic carbocycles. The second-order valence-electron chi connectivity index (χ2n) is 4.71. The molecule has 1 saturated heterocycles. The number of rotatable bonds is 4. The lowest BCUT2D eigenvalue weighted by Crippen LogP contribution is -2.53. The van der Waals surface area contributed by atoms with Crippen molar-refractivity contribution in [2.45, 2.75) is 19.9 Å². The van der Waals surface area contributed by atoms with Gasteiger partial charge in [-0.15, -0.1) is 11.3 Å². The van der Waals surface area contributed by atoms with Crippen molar-refractivity contribution >= 4 is 23.0 Å². The third-order valence-corrected chi connectivity index (χ3v) is 4.22. The van der Waals surface area contributed by atoms with Gasteiger partial charge in [-0.2, -0.15) is 0 Å². The molecular formula is C13H18N2O3S. The summed E-state index contributed by atoms with van der Waals surface area (Å²) in [5.74, 6) is -0.402. The predicted molar refractivity (Wildman–Crippen MR) is 73.5 cm³/mol. The maximum absolute atomic E-state index is 12.3. The summed E-state index contributed by atoms with van der Waals surface area (Å²) in [4.78, 5) is 27.6. The van der Waals surface area contributed by atoms with Gasteiger partial charge in [0.1, 0.15) is 6.04 Å². The highest BCUT2D eigenvalue weighted by Crippen LogP contribution is 2.21. The molecule has 0 aliphatic carbocycles. The number of amides is 1. The van der Waals surface area contributed by atoms with Crippen LogP contribution < -0.4 is 5.73 Å². The Morgan fingerprint density at radius 2 is 2.26 bits per heavy atom. The van der Waals surface area contributed by atoms with Crippen molar-refractivity contribution in [2.24, 2.45) is 5.73 Å². The van der Waals surface area contributed by atoms with Crippen molar-refractivity contribution < 1.29 is 14.3 Å². The molecule has 5 nitrogen and oxygen atoms in total. The fourth-order valence-corrected chi connectivity index (χ4v) is 3.21. The number of carbonyl (C=O) groups excluding carboxylic acids is 2. The molecule has 0 radical (unpaired) electrons. The number of carbonyl (C=O) groups is 2. The maximum atomic E-state index is 12.3. The van der Waals surface area contributed by atoms with Crippen molar-refractivity contribution in [3.05, 3.63) is 21.4 Å². The van der Waals surface area contributed by atoms with E-state index in [1.54, 1.807) is 16.2 Å². The monoisotopic (exact) mass is 282 g/mol. The van der Waals surface area contributed by atoms with Crippen molar-refractivity contribution in [3.63, 3.8) is 0 Å². The molecule has 19 heavy (non-hydrogen) atoms. The lowest BCUT2D eigenvalue weighted by molar-refractivity contribution is -0.128. The molecule has 1 aliphatic heterocycles. The van der Waals surface area contributed by atoms with Gasteiger partial charge >= 0.3 is 0 Å². The van der Waals surface area contributed by atoms with Gasteiger partial charge in [-0.1, -0.05) is 0 Å². The molecule has 2 heterocycles. The summed E-state index contributed by atoms with van der Waals surface area (Å²) >= 11 is 1.61. The molecule has 1 fully saturated rings. The van der Waals surface area contributed by atoms with Gasteiger partial charge in [0.25, 0.3) is 0 Å². The highest BCUT2D eigenvalue weighted by molar-refractivity contribution is 7.12. The molecule has 1 aliphatic rings. The van der Waals surface area contributed by atoms with Gasteiger partial charge in [0, 0.05) is 21.9 Å². The third kappa shape index (κ3) is 3.20. The Morgan fingerprint density at radius 3 is 2.84 bits per heavy atom. The van der Waals surface area contributed by atoms with E-state index < -0.39 is 11.9 Å². The van der Waals surface area contributed by atoms with E-state index in [1.165, 1.54) is 0 Å². The number of nitrogens with two attached hydrogens (primary N) is 1. The van der Waals surface area contributed by atoms with Crippen LogP contribution in [0.25, 0.3) is 0 Å². The summed E-state index contributed by atoms with van der Waals surface area (Å²) in [5.41, 5.74) is 6.08. The summed E-state index contributed by atoms with van der Waals surface area (Å²) < 4.78 is 5.24. The number of thiophene rings is 1. The zero-order valence-corrected chi connectivity index (χ0v) is 12.0. The van der Waals surface area contributed by atoms with Crippen LogP contribution in [0.2, 0.25) is 0 Å². The zero-order chi connectivity index (χ0) is 14.0. The van der Waals surface area contributed by atoms with Crippen LogP contribution in [-0.2, 0) is 9.53 Å². The third-order valence-electron chi connectivity index (χ3n) is 3.26. The van der Waals surface area contributed by atoms with Gasteiger partial charge in [-0.05, 0) is 19.9 Å². The molecule has 0 bridgehead atoms. The van der Waals surface area contributed by atoms with Crippen LogP contribution in [0.1, 0.15) is 20.1 Å². The van der Waals surface area contributed by atoms with Crippen LogP contribution in [0.4, 0.5) is 0 Å². The van der Waals surface area contributed by atoms with Crippen molar-refractivity contribution in [2.75, 3.05) is 26.3 Å². The fraction of sp³-hybridized carbons (Fsp3) is 0.538. The van der Waals surface area contributed by atoms with Gasteiger partial charge in [-0.3, -0.25) is 14.5 Å². The molecule has 104 valence electrons. The first-order chi connectivity index (χ1) is 8.99. The van der Waals surface area contributed by atoms with E-state index in [9.17, 15) is 9.59 Å². The second-order valence-corrected chi connectivity index (χ2v) is 6.17. The molecule has 1 atom stereocenters. The van der Waals surface area contributed by atoms with E-state index in [2.05, 4.69) is 0 Å². The first-order valence-corrected chi connectivity index (χ1v) is 7.02. The standard InChI is InChI=1S/C13H18N2O3S/c1-8-5-10(9(2)19-8)12(16)6-15-3-4-18-7-11(15)13(14)17/h5,11H,3-4,6-7H2,1-2H3,(H2,14,17). The molecule has 6 heteroatoms. The van der Waals surface area contributed by atoms with E-state index in [0.29, 0.717) is 13.2 Å². The highest BCUT2D eigenvalue weighted by Gasteiger charge is 2.29. The van der Waals surface area contributed by atoms with Crippen LogP contribution in [0, 0.1) is 13.8 Å². The Labute approximate surface area is 116 Å². The molecule has 1 unspecified atom stereocenters. The smallest absolute Gasteiger partial charge is 0.237 e. The van der Waals surface area contributed by atoms with E-state index in [4.69, 9.17) is 10.5 Å². The number of hydrogen-bond acceptors (Lipinski definition) is 5. The minimum absolute atomic E-state index is 0.0370. The number of primary amides is 1. The number of ether oxygens (including phenoxy) is 1. The molecular weight excluding hydrogens is 264 g/mol. The van der Waals surface area contributed by atoms with E-state index >= 15 is 0 Å². The Hall–Kier alpha value is -1.24. The Bertz CT molecular complexity index is 498. The zero-order valence-electron chi connectivity index (χ0n) is 11.1. The maximum Gasteiger partial charge on any atom is 0.237 e. The van der Waals surface area contributed by atoms with Gasteiger partial charge < -0.3 is 10.5 Å². The predicted octanol–water partition coefficient (Wildman–Crippen LogP) is 0.734. The van der Waals surface area contributed by atoms with Crippen LogP contribution >= 0.6 is 11.3 Å². The Morgan fingerprint density at radius 1 is 1.53 bits per heavy atom. The number of hydrogen-bond donors (Lipinski definition) is 1. The van der Waals surface area contributed by atoms with E-state index in [1.807, 2.05) is 19.9 Å². The average molecular weight is 282 g/mol. The first-order valence-electron chi connectivity index (χ1n) is 6.20. The van der Waals surface area contributed by atoms with E-state index in [0.717, 1.165) is 15.3 Å². The van der Waals surface area contributed by atoms with Crippen molar-refractivity contribution in [3.8, 4) is 0 Å². The van der Waals surface area contributed by atoms with Gasteiger partial charge in [0.2, 0.25) is 5.91 Å². The summed E-state index contributed by atoms with van der Waals surface area (Å²) in [5, 5.41) is 0. The van der Waals surface area contributed by atoms with Gasteiger partial charge in [0.15, 0.2) is 5.78 Å². The molecule has 1 amide bonds. The van der Waals surface area contributed by atoms with Crippen LogP contribution in [0.15, 0.2) is 6.07 Å². The SMILES string of the molecule is Cc1cc(C(=O)CN2CCOCC2C(N)=O)c(C)s1. The van der Waals surface area contributed by atoms with Crippen LogP contribution in [0.3, 0.4) is 0 Å². The molecule has 1 aromatic rings. The normalized spacial score (nSPS) is 20.4. The van der Waals surface area contributed by atoms with Crippen molar-refractivity contribution in [1.29, 1.82) is 0 Å². The van der Waals surface area contributed by atoms with Gasteiger partial charge in [-0.25, -0.2) is 0 Å². The fourth-order valence-electron chi connectivity index (χ4n) is 2.27. The average Bonchev–Trinajstić information content (AvgIpc) is 2.69. The number of Topliss-reactive ketones (excluding diaryl/α,β-unsaturated/α-hetero) is 1. The summed E-state index contributed by atoms with van der Waals surface area (Å²) in [7, 11) is 0. The molecule has 2 rings (SSSR count). The van der Waals surface area contributed by atoms with Crippen molar-refractivity contribution in [1.82, 2.24) is 4.90 Å². The molecule has 2 N–H and O–H groups in total. The molecule has 0 saturated carbocycles. The number of ketones is 1. The minimum Gasteiger partial charge on any atom is -0.378 e. The summed E-state index contributed by atoms with van der Waals surface area (Å²) in [6.45, 7) is 5.49. The largest absolute Gasteiger partial charge is 0.378 e. The molecule has 1 aromatic heterocycles. The molecule has 0 spiro atoms. The Kier molecular flexibility index (Phi) is 4.34. The second kappa shape index (κ2) is 5.81. The summed E-state index contributed by atoms with van der Waals surface area (Å²) in [6, 6.07) is 1.40. The quantitative estimate of drug-likeness (QED) is 0.827. The van der Waals surface area contributed by atoms with Crippen LogP contribution in [-0.4, -0.2) is 48.9 Å². The Balaban J connectivity index is 2.09.